The second-order valence-corrected chi connectivity index (χ2v) is 9.77. The number of nitrogens with zero attached hydrogens (tertiary/aromatic N) is 1. The van der Waals surface area contributed by atoms with Crippen LogP contribution in [-0.4, -0.2) is 19.1 Å². The van der Waals surface area contributed by atoms with Gasteiger partial charge in [-0.05, 0) is 42.2 Å². The third-order valence-electron chi connectivity index (χ3n) is 5.74. The van der Waals surface area contributed by atoms with Gasteiger partial charge >= 0.3 is 0 Å². The summed E-state index contributed by atoms with van der Waals surface area (Å²) >= 11 is 0. The van der Waals surface area contributed by atoms with Gasteiger partial charge in [0.2, 0.25) is 5.91 Å². The van der Waals surface area contributed by atoms with E-state index in [1.54, 1.807) is 31.4 Å². The Balaban J connectivity index is 0.000000335. The highest BCUT2D eigenvalue weighted by molar-refractivity contribution is 5.92. The Kier molecular flexibility index (Phi) is 9.98. The predicted octanol–water partition coefficient (Wildman–Crippen LogP) is 6.71. The number of carbonyl (C=O) groups is 1. The molecule has 0 saturated heterocycles. The summed E-state index contributed by atoms with van der Waals surface area (Å²) in [6.45, 7) is 17.1. The zero-order valence-electron chi connectivity index (χ0n) is 21.7. The van der Waals surface area contributed by atoms with E-state index in [9.17, 15) is 4.79 Å². The lowest BCUT2D eigenvalue weighted by molar-refractivity contribution is -0.133. The van der Waals surface area contributed by atoms with Gasteiger partial charge in [-0.15, -0.1) is 0 Å². The smallest absolute Gasteiger partial charge is 0.248 e. The van der Waals surface area contributed by atoms with Gasteiger partial charge in [0.25, 0.3) is 0 Å². The van der Waals surface area contributed by atoms with Crippen molar-refractivity contribution >= 4 is 5.91 Å². The molecular formula is C28H40N2O3. The SMILES string of the molecule is CC.CC(C)c1ccc(C(N)=O)cc1.COc1cc(OC2C(C)(C)CC2(C)C)ccc1C#N. The van der Waals surface area contributed by atoms with Crippen molar-refractivity contribution < 1.29 is 14.3 Å². The Hall–Kier alpha value is -3.00. The summed E-state index contributed by atoms with van der Waals surface area (Å²) in [5.41, 5.74) is 7.79. The average Bonchev–Trinajstić information content (AvgIpc) is 2.78. The molecule has 0 heterocycles. The molecule has 33 heavy (non-hydrogen) atoms. The molecule has 1 aliphatic rings. The topological polar surface area (TPSA) is 85.3 Å². The Bertz CT molecular complexity index is 940. The van der Waals surface area contributed by atoms with Crippen LogP contribution in [0.5, 0.6) is 11.5 Å². The van der Waals surface area contributed by atoms with Gasteiger partial charge in [-0.25, -0.2) is 0 Å². The highest BCUT2D eigenvalue weighted by atomic mass is 16.5. The molecule has 1 aliphatic carbocycles. The fourth-order valence-electron chi connectivity index (χ4n) is 4.61. The Morgan fingerprint density at radius 3 is 2.00 bits per heavy atom. The van der Waals surface area contributed by atoms with Crippen molar-refractivity contribution in [2.24, 2.45) is 16.6 Å². The number of hydrogen-bond donors (Lipinski definition) is 1. The lowest BCUT2D eigenvalue weighted by Crippen LogP contribution is -2.58. The highest BCUT2D eigenvalue weighted by Crippen LogP contribution is 2.55. The maximum absolute atomic E-state index is 10.7. The van der Waals surface area contributed by atoms with E-state index in [1.165, 1.54) is 5.56 Å². The third-order valence-corrected chi connectivity index (χ3v) is 5.74. The number of primary amides is 1. The molecule has 2 N–H and O–H groups in total. The quantitative estimate of drug-likeness (QED) is 0.546. The molecule has 5 nitrogen and oxygen atoms in total. The van der Waals surface area contributed by atoms with Gasteiger partial charge in [-0.2, -0.15) is 5.26 Å². The van der Waals surface area contributed by atoms with Crippen LogP contribution in [0.3, 0.4) is 0 Å². The Labute approximate surface area is 199 Å². The molecule has 3 rings (SSSR count). The van der Waals surface area contributed by atoms with E-state index in [0.29, 0.717) is 22.8 Å². The minimum atomic E-state index is -0.370. The Morgan fingerprint density at radius 2 is 1.61 bits per heavy atom. The van der Waals surface area contributed by atoms with Crippen LogP contribution in [0, 0.1) is 22.2 Å². The molecule has 0 radical (unpaired) electrons. The highest BCUT2D eigenvalue weighted by Gasteiger charge is 2.54. The molecule has 0 spiro atoms. The van der Waals surface area contributed by atoms with E-state index in [4.69, 9.17) is 20.5 Å². The van der Waals surface area contributed by atoms with Crippen LogP contribution in [0.4, 0.5) is 0 Å². The van der Waals surface area contributed by atoms with E-state index in [1.807, 2.05) is 32.0 Å². The molecule has 0 unspecified atom stereocenters. The molecule has 0 aliphatic heterocycles. The lowest BCUT2D eigenvalue weighted by atomic mass is 9.53. The number of nitrogens with two attached hydrogens (primary N) is 1. The van der Waals surface area contributed by atoms with Crippen molar-refractivity contribution in [3.05, 3.63) is 59.2 Å². The van der Waals surface area contributed by atoms with Crippen LogP contribution < -0.4 is 15.2 Å². The molecule has 180 valence electrons. The number of nitriles is 1. The number of benzene rings is 2. The molecule has 0 bridgehead atoms. The van der Waals surface area contributed by atoms with Crippen LogP contribution in [0.15, 0.2) is 42.5 Å². The number of hydrogen-bond acceptors (Lipinski definition) is 4. The zero-order chi connectivity index (χ0) is 25.4. The molecular weight excluding hydrogens is 412 g/mol. The van der Waals surface area contributed by atoms with Crippen LogP contribution in [0.25, 0.3) is 0 Å². The number of rotatable bonds is 5. The van der Waals surface area contributed by atoms with E-state index < -0.39 is 0 Å². The zero-order valence-corrected chi connectivity index (χ0v) is 21.7. The molecule has 5 heteroatoms. The minimum Gasteiger partial charge on any atom is -0.495 e. The van der Waals surface area contributed by atoms with E-state index in [-0.39, 0.29) is 22.8 Å². The summed E-state index contributed by atoms with van der Waals surface area (Å²) < 4.78 is 11.3. The number of carbonyl (C=O) groups excluding carboxylic acids is 1. The second kappa shape index (κ2) is 11.7. The monoisotopic (exact) mass is 452 g/mol. The summed E-state index contributed by atoms with van der Waals surface area (Å²) in [6, 6.07) is 14.9. The maximum Gasteiger partial charge on any atom is 0.248 e. The van der Waals surface area contributed by atoms with Crippen molar-refractivity contribution in [2.75, 3.05) is 7.11 Å². The molecule has 0 atom stereocenters. The van der Waals surface area contributed by atoms with Gasteiger partial charge in [0.15, 0.2) is 0 Å². The minimum absolute atomic E-state index is 0.178. The summed E-state index contributed by atoms with van der Waals surface area (Å²) in [5, 5.41) is 8.98. The summed E-state index contributed by atoms with van der Waals surface area (Å²) in [5.74, 6) is 1.45. The van der Waals surface area contributed by atoms with Crippen molar-refractivity contribution in [3.63, 3.8) is 0 Å². The molecule has 1 saturated carbocycles. The van der Waals surface area contributed by atoms with Gasteiger partial charge in [0, 0.05) is 22.5 Å². The Morgan fingerprint density at radius 1 is 1.06 bits per heavy atom. The largest absolute Gasteiger partial charge is 0.495 e. The van der Waals surface area contributed by atoms with Gasteiger partial charge in [-0.3, -0.25) is 4.79 Å². The summed E-state index contributed by atoms with van der Waals surface area (Å²) in [7, 11) is 1.57. The number of methoxy groups -OCH3 is 1. The van der Waals surface area contributed by atoms with E-state index >= 15 is 0 Å². The van der Waals surface area contributed by atoms with Crippen molar-refractivity contribution in [1.29, 1.82) is 5.26 Å². The van der Waals surface area contributed by atoms with Crippen LogP contribution in [-0.2, 0) is 0 Å². The third kappa shape index (κ3) is 7.25. The first-order chi connectivity index (χ1) is 15.4. The summed E-state index contributed by atoms with van der Waals surface area (Å²) in [4.78, 5) is 10.7. The summed E-state index contributed by atoms with van der Waals surface area (Å²) in [6.07, 6.45) is 1.33. The second-order valence-electron chi connectivity index (χ2n) is 9.77. The standard InChI is InChI=1S/C16H21NO2.C10H13NO.C2H6/c1-15(2)10-16(3,4)14(15)19-12-7-6-11(9-17)13(8-12)18-5;1-7(2)8-3-5-9(6-4-8)10(11)12;1-2/h6-8,14H,10H2,1-5H3;3-7H,1-2H3,(H2,11,12);1-2H3. The van der Waals surface area contributed by atoms with Gasteiger partial charge < -0.3 is 15.2 Å². The van der Waals surface area contributed by atoms with Gasteiger partial charge in [0.05, 0.1) is 12.7 Å². The van der Waals surface area contributed by atoms with Crippen LogP contribution in [0.2, 0.25) is 0 Å². The van der Waals surface area contributed by atoms with Crippen LogP contribution in [0.1, 0.15) is 89.2 Å². The fraction of sp³-hybridized carbons (Fsp3) is 0.500. The molecule has 0 aromatic heterocycles. The fourth-order valence-corrected chi connectivity index (χ4v) is 4.61. The van der Waals surface area contributed by atoms with E-state index in [2.05, 4.69) is 47.6 Å². The average molecular weight is 453 g/mol. The predicted molar refractivity (Wildman–Crippen MR) is 135 cm³/mol. The molecule has 1 amide bonds. The molecule has 2 aromatic carbocycles. The van der Waals surface area contributed by atoms with Gasteiger partial charge in [-0.1, -0.05) is 67.5 Å². The first kappa shape index (κ1) is 28.0. The lowest BCUT2D eigenvalue weighted by Gasteiger charge is -2.56. The number of ether oxygens (including phenoxy) is 2. The van der Waals surface area contributed by atoms with Gasteiger partial charge in [0.1, 0.15) is 23.7 Å². The van der Waals surface area contributed by atoms with Crippen molar-refractivity contribution in [3.8, 4) is 17.6 Å². The molecule has 1 fully saturated rings. The van der Waals surface area contributed by atoms with Crippen LogP contribution >= 0.6 is 0 Å². The number of amides is 1. The first-order valence-electron chi connectivity index (χ1n) is 11.6. The normalized spacial score (nSPS) is 15.5. The maximum atomic E-state index is 10.7. The molecule has 2 aromatic rings. The first-order valence-corrected chi connectivity index (χ1v) is 11.6. The van der Waals surface area contributed by atoms with Crippen molar-refractivity contribution in [2.45, 2.75) is 73.8 Å². The van der Waals surface area contributed by atoms with Crippen molar-refractivity contribution in [1.82, 2.24) is 0 Å². The van der Waals surface area contributed by atoms with E-state index in [0.717, 1.165) is 12.2 Å².